The normalized spacial score (nSPS) is 11.0. The van der Waals surface area contributed by atoms with Crippen LogP contribution in [0.3, 0.4) is 0 Å². The number of carbonyl (C=O) groups is 6. The monoisotopic (exact) mass is 1020 g/mol. The number of anilines is 4. The Morgan fingerprint density at radius 1 is 0.644 bits per heavy atom. The van der Waals surface area contributed by atoms with Crippen LogP contribution in [-0.4, -0.2) is 135 Å². The smallest absolute Gasteiger partial charge is 0.287 e. The van der Waals surface area contributed by atoms with E-state index >= 15 is 0 Å². The summed E-state index contributed by atoms with van der Waals surface area (Å²) in [5, 5.41) is 27.9. The molecule has 0 fully saturated rings. The lowest BCUT2D eigenvalue weighted by molar-refractivity contribution is -0.384. The number of amides is 6. The van der Waals surface area contributed by atoms with Crippen molar-refractivity contribution in [3.05, 3.63) is 122 Å². The van der Waals surface area contributed by atoms with Crippen molar-refractivity contribution in [3.63, 3.8) is 0 Å². The van der Waals surface area contributed by atoms with E-state index in [1.807, 2.05) is 51.8 Å². The van der Waals surface area contributed by atoms with Crippen LogP contribution in [0.4, 0.5) is 27.9 Å². The van der Waals surface area contributed by atoms with Gasteiger partial charge in [0.15, 0.2) is 5.13 Å². The number of benzene rings is 1. The van der Waals surface area contributed by atoms with Gasteiger partial charge in [0, 0.05) is 76.4 Å². The van der Waals surface area contributed by atoms with Crippen LogP contribution in [0.2, 0.25) is 0 Å². The van der Waals surface area contributed by atoms with Gasteiger partial charge in [0.25, 0.3) is 41.1 Å². The van der Waals surface area contributed by atoms with Crippen LogP contribution >= 0.6 is 11.3 Å². The van der Waals surface area contributed by atoms with Crippen molar-refractivity contribution in [1.29, 1.82) is 0 Å². The first kappa shape index (κ1) is 55.8. The highest BCUT2D eigenvalue weighted by molar-refractivity contribution is 7.16. The number of hydrogen-bond acceptors (Lipinski definition) is 13. The molecule has 0 aliphatic rings. The summed E-state index contributed by atoms with van der Waals surface area (Å²) in [4.78, 5) is 96.1. The van der Waals surface area contributed by atoms with Crippen LogP contribution in [0.25, 0.3) is 0 Å². The highest BCUT2D eigenvalue weighted by atomic mass is 32.1. The number of nitrogens with one attached hydrogen (secondary N) is 6. The fourth-order valence-corrected chi connectivity index (χ4v) is 8.24. The maximum atomic E-state index is 13.4. The van der Waals surface area contributed by atoms with Gasteiger partial charge in [-0.2, -0.15) is 0 Å². The molecule has 6 aromatic rings. The van der Waals surface area contributed by atoms with Crippen LogP contribution in [-0.2, 0) is 28.2 Å². The lowest BCUT2D eigenvalue weighted by atomic mass is 10.1. The second-order valence-corrected chi connectivity index (χ2v) is 18.9. The van der Waals surface area contributed by atoms with Gasteiger partial charge in [0.05, 0.1) is 35.3 Å². The van der Waals surface area contributed by atoms with E-state index in [2.05, 4.69) is 36.9 Å². The van der Waals surface area contributed by atoms with Gasteiger partial charge in [-0.3, -0.25) is 44.2 Å². The first-order valence-electron chi connectivity index (χ1n) is 23.1. The Hall–Kier alpha value is -8.09. The molecule has 0 saturated heterocycles. The minimum absolute atomic E-state index is 0.0336. The zero-order valence-electron chi connectivity index (χ0n) is 42.9. The molecule has 5 heterocycles. The van der Waals surface area contributed by atoms with Gasteiger partial charge in [-0.25, -0.2) is 4.98 Å². The summed E-state index contributed by atoms with van der Waals surface area (Å²) >= 11 is 1.23. The summed E-state index contributed by atoms with van der Waals surface area (Å²) in [6.45, 7) is 6.70. The molecule has 6 N–H and O–H groups in total. The Labute approximate surface area is 427 Å². The van der Waals surface area contributed by atoms with Crippen LogP contribution in [0.15, 0.2) is 73.3 Å². The zero-order valence-corrected chi connectivity index (χ0v) is 43.7. The number of hydrogen-bond donors (Lipinski definition) is 6. The van der Waals surface area contributed by atoms with E-state index in [-0.39, 0.29) is 40.7 Å². The van der Waals surface area contributed by atoms with Crippen molar-refractivity contribution in [1.82, 2.24) is 43.7 Å². The molecule has 0 radical (unpaired) electrons. The fraction of sp³-hybridized carbons (Fsp3) is 0.367. The molecule has 0 saturated carbocycles. The average molecular weight is 1030 g/mol. The summed E-state index contributed by atoms with van der Waals surface area (Å²) in [5.41, 5.74) is 3.00. The van der Waals surface area contributed by atoms with E-state index in [4.69, 9.17) is 4.74 Å². The highest BCUT2D eigenvalue weighted by Crippen LogP contribution is 2.31. The van der Waals surface area contributed by atoms with Crippen molar-refractivity contribution in [2.45, 2.75) is 32.6 Å². The number of ether oxygens (including phenoxy) is 1. The molecule has 23 nitrogen and oxygen atoms in total. The molecule has 1 aromatic carbocycles. The van der Waals surface area contributed by atoms with Gasteiger partial charge in [0.2, 0.25) is 0 Å². The summed E-state index contributed by atoms with van der Waals surface area (Å²) < 4.78 is 11.4. The third-order valence-electron chi connectivity index (χ3n) is 11.0. The van der Waals surface area contributed by atoms with Crippen molar-refractivity contribution >= 4 is 74.7 Å². The number of nitro groups is 1. The molecular formula is C49H64N14O9S. The Kier molecular flexibility index (Phi) is 19.4. The summed E-state index contributed by atoms with van der Waals surface area (Å²) in [6, 6.07) is 12.7. The molecule has 0 atom stereocenters. The van der Waals surface area contributed by atoms with Crippen molar-refractivity contribution in [3.8, 4) is 5.75 Å². The summed E-state index contributed by atoms with van der Waals surface area (Å²) in [5.74, 6) is -1.69. The van der Waals surface area contributed by atoms with Gasteiger partial charge in [-0.15, -0.1) is 11.3 Å². The highest BCUT2D eigenvalue weighted by Gasteiger charge is 2.24. The number of aryl methyl sites for hydroxylation is 4. The van der Waals surface area contributed by atoms with Gasteiger partial charge >= 0.3 is 0 Å². The summed E-state index contributed by atoms with van der Waals surface area (Å²) in [7, 11) is 16.1. The standard InChI is InChI=1S/C32H40N8O5S.C17H24N6O4/c1-19(2)27-26(36-32(46-27)37-28(41)20-10-8-11-23(14-20)45-7)31(44)35-22-16-25(40(6)18-22)30(43)34-21-15-24(39(5)17-21)29(42)33-12-9-13-38(3)4;1-20(2)7-5-6-18-16(24)14-8-12(10-21(14)3)19-17(25)15-9-13(23(26)27)11-22(15)4/h8,10-11,14-19H,9,12-13H2,1-7H3,(H,33,42)(H,34,43)(H,35,44)(H,36,37,41);8-11H,5-7H2,1-4H3,(H,18,24)(H,19,25). The lowest BCUT2D eigenvalue weighted by Gasteiger charge is -2.10. The number of rotatable bonds is 21. The molecule has 6 amide bonds. The van der Waals surface area contributed by atoms with Crippen LogP contribution in [0.5, 0.6) is 5.75 Å². The minimum Gasteiger partial charge on any atom is -0.497 e. The zero-order chi connectivity index (χ0) is 53.7. The van der Waals surface area contributed by atoms with E-state index in [1.54, 1.807) is 103 Å². The van der Waals surface area contributed by atoms with Crippen molar-refractivity contribution < 1.29 is 38.4 Å². The molecule has 6 rings (SSSR count). The molecule has 0 aliphatic heterocycles. The fourth-order valence-electron chi connectivity index (χ4n) is 7.28. The van der Waals surface area contributed by atoms with Crippen LogP contribution in [0, 0.1) is 10.1 Å². The molecule has 0 spiro atoms. The number of nitrogens with zero attached hydrogens (tertiary/aromatic N) is 8. The van der Waals surface area contributed by atoms with Crippen molar-refractivity contribution in [2.24, 2.45) is 28.2 Å². The third-order valence-corrected chi connectivity index (χ3v) is 12.3. The molecule has 390 valence electrons. The Morgan fingerprint density at radius 3 is 1.53 bits per heavy atom. The molecule has 73 heavy (non-hydrogen) atoms. The van der Waals surface area contributed by atoms with E-state index in [1.165, 1.54) is 35.3 Å². The van der Waals surface area contributed by atoms with Gasteiger partial charge in [0.1, 0.15) is 34.2 Å². The van der Waals surface area contributed by atoms with Gasteiger partial charge in [-0.1, -0.05) is 19.9 Å². The minimum atomic E-state index is -0.557. The third kappa shape index (κ3) is 15.5. The van der Waals surface area contributed by atoms with Gasteiger partial charge in [-0.05, 0) is 96.4 Å². The molecule has 0 aliphatic carbocycles. The second-order valence-electron chi connectivity index (χ2n) is 17.9. The van der Waals surface area contributed by atoms with E-state index < -0.39 is 22.6 Å². The quantitative estimate of drug-likeness (QED) is 0.0293. The van der Waals surface area contributed by atoms with Gasteiger partial charge < -0.3 is 59.4 Å². The summed E-state index contributed by atoms with van der Waals surface area (Å²) in [6.07, 6.45) is 7.83. The molecule has 24 heteroatoms. The number of aromatic nitrogens is 5. The number of carbonyl (C=O) groups excluding carboxylic acids is 6. The number of thiazole rings is 1. The first-order valence-corrected chi connectivity index (χ1v) is 23.9. The predicted octanol–water partition coefficient (Wildman–Crippen LogP) is 5.60. The van der Waals surface area contributed by atoms with E-state index in [0.717, 1.165) is 25.9 Å². The van der Waals surface area contributed by atoms with Crippen LogP contribution in [0.1, 0.15) is 100 Å². The molecular weight excluding hydrogens is 961 g/mol. The van der Waals surface area contributed by atoms with E-state index in [9.17, 15) is 38.9 Å². The maximum Gasteiger partial charge on any atom is 0.287 e. The molecule has 5 aromatic heterocycles. The first-order chi connectivity index (χ1) is 34.5. The molecule has 0 bridgehead atoms. The SMILES string of the molecule is CN(C)CCCNC(=O)c1cc(NC(=O)c2cc([N+](=O)[O-])cn2C)cn1C.COc1cccc(C(=O)Nc2nc(C(=O)Nc3cc(C(=O)Nc4cc(C(=O)NCCCN(C)C)n(C)c4)n(C)c3)c(C(C)C)s2)c1. The van der Waals surface area contributed by atoms with E-state index in [0.29, 0.717) is 68.6 Å². The maximum absolute atomic E-state index is 13.4. The average Bonchev–Trinajstić information content (AvgIpc) is 4.17. The lowest BCUT2D eigenvalue weighted by Crippen LogP contribution is -2.28. The second kappa shape index (κ2) is 25.3. The number of methoxy groups -OCH3 is 1. The predicted molar refractivity (Wildman–Crippen MR) is 280 cm³/mol. The largest absolute Gasteiger partial charge is 0.497 e. The molecule has 0 unspecified atom stereocenters. The Balaban J connectivity index is 0.000000311. The Morgan fingerprint density at radius 2 is 1.10 bits per heavy atom. The van der Waals surface area contributed by atoms with Crippen LogP contribution < -0.4 is 36.6 Å². The Bertz CT molecular complexity index is 2960. The topological polar surface area (TPSA) is 266 Å². The van der Waals surface area contributed by atoms with Crippen molar-refractivity contribution in [2.75, 3.05) is 82.7 Å².